The maximum Gasteiger partial charge on any atom is 0.167 e. The van der Waals surface area contributed by atoms with Gasteiger partial charge in [-0.15, -0.1) is 0 Å². The summed E-state index contributed by atoms with van der Waals surface area (Å²) in [7, 11) is 3.13. The van der Waals surface area contributed by atoms with Gasteiger partial charge in [0.15, 0.2) is 5.78 Å². The smallest absolute Gasteiger partial charge is 0.167 e. The lowest BCUT2D eigenvalue weighted by atomic mass is 10.0. The molecule has 2 aromatic rings. The minimum Gasteiger partial charge on any atom is -0.497 e. The number of ketones is 1. The van der Waals surface area contributed by atoms with Crippen LogP contribution in [0.1, 0.15) is 15.9 Å². The monoisotopic (exact) mass is 334 g/mol. The van der Waals surface area contributed by atoms with Crippen LogP contribution in [0.3, 0.4) is 0 Å². The van der Waals surface area contributed by atoms with Crippen LogP contribution in [-0.2, 0) is 6.42 Å². The lowest BCUT2D eigenvalue weighted by molar-refractivity contribution is 0.0992. The van der Waals surface area contributed by atoms with E-state index in [1.54, 1.807) is 32.4 Å². The van der Waals surface area contributed by atoms with E-state index in [0.29, 0.717) is 23.5 Å². The van der Waals surface area contributed by atoms with Crippen molar-refractivity contribution in [1.82, 2.24) is 0 Å². The Hall–Kier alpha value is -1.81. The van der Waals surface area contributed by atoms with Crippen LogP contribution >= 0.6 is 15.9 Å². The van der Waals surface area contributed by atoms with Crippen molar-refractivity contribution in [1.29, 1.82) is 0 Å². The molecule has 0 heterocycles. The minimum absolute atomic E-state index is 0.0281. The van der Waals surface area contributed by atoms with Crippen molar-refractivity contribution in [2.75, 3.05) is 14.2 Å². The van der Waals surface area contributed by atoms with Gasteiger partial charge in [0.2, 0.25) is 0 Å². The third kappa shape index (κ3) is 3.61. The highest BCUT2D eigenvalue weighted by Gasteiger charge is 2.11. The molecule has 0 N–H and O–H groups in total. The second kappa shape index (κ2) is 6.57. The van der Waals surface area contributed by atoms with Crippen LogP contribution in [0.25, 0.3) is 0 Å². The molecule has 0 amide bonds. The molecule has 0 unspecified atom stereocenters. The summed E-state index contributed by atoms with van der Waals surface area (Å²) in [6.07, 6.45) is 0.343. The molecule has 104 valence electrons. The number of Topliss-reactive ketones (excluding diaryl/α,β-unsaturated/α-hetero) is 1. The third-order valence-electron chi connectivity index (χ3n) is 2.93. The minimum atomic E-state index is 0.0281. The Morgan fingerprint density at radius 3 is 2.25 bits per heavy atom. The van der Waals surface area contributed by atoms with Crippen LogP contribution in [-0.4, -0.2) is 20.0 Å². The number of hydrogen-bond donors (Lipinski definition) is 0. The van der Waals surface area contributed by atoms with Crippen LogP contribution in [0.2, 0.25) is 0 Å². The largest absolute Gasteiger partial charge is 0.497 e. The average molecular weight is 335 g/mol. The zero-order valence-electron chi connectivity index (χ0n) is 11.4. The molecule has 0 radical (unpaired) electrons. The highest BCUT2D eigenvalue weighted by Crippen LogP contribution is 2.23. The zero-order chi connectivity index (χ0) is 14.5. The summed E-state index contributed by atoms with van der Waals surface area (Å²) in [4.78, 5) is 12.3. The number of hydrogen-bond acceptors (Lipinski definition) is 3. The molecule has 0 spiro atoms. The fourth-order valence-electron chi connectivity index (χ4n) is 1.90. The van der Waals surface area contributed by atoms with E-state index < -0.39 is 0 Å². The molecule has 2 aromatic carbocycles. The second-order valence-corrected chi connectivity index (χ2v) is 5.25. The zero-order valence-corrected chi connectivity index (χ0v) is 12.9. The SMILES string of the molecule is COc1cc(OC)cc(C(=O)Cc2cccc(Br)c2)c1. The summed E-state index contributed by atoms with van der Waals surface area (Å²) in [5.74, 6) is 1.25. The van der Waals surface area contributed by atoms with Gasteiger partial charge in [-0.25, -0.2) is 0 Å². The number of methoxy groups -OCH3 is 2. The summed E-state index contributed by atoms with van der Waals surface area (Å²) in [5.41, 5.74) is 1.55. The molecule has 0 atom stereocenters. The van der Waals surface area contributed by atoms with Gasteiger partial charge in [0.25, 0.3) is 0 Å². The van der Waals surface area contributed by atoms with Crippen LogP contribution < -0.4 is 9.47 Å². The topological polar surface area (TPSA) is 35.5 Å². The van der Waals surface area contributed by atoms with Gasteiger partial charge in [0, 0.05) is 22.5 Å². The van der Waals surface area contributed by atoms with E-state index in [9.17, 15) is 4.79 Å². The Morgan fingerprint density at radius 2 is 1.70 bits per heavy atom. The summed E-state index contributed by atoms with van der Waals surface area (Å²) < 4.78 is 11.3. The first-order valence-corrected chi connectivity index (χ1v) is 6.92. The van der Waals surface area contributed by atoms with Crippen LogP contribution in [0, 0.1) is 0 Å². The number of carbonyl (C=O) groups excluding carboxylic acids is 1. The van der Waals surface area contributed by atoms with Crippen LogP contribution in [0.15, 0.2) is 46.9 Å². The number of halogens is 1. The quantitative estimate of drug-likeness (QED) is 0.778. The van der Waals surface area contributed by atoms with Gasteiger partial charge >= 0.3 is 0 Å². The average Bonchev–Trinajstić information content (AvgIpc) is 2.46. The third-order valence-corrected chi connectivity index (χ3v) is 3.42. The first-order chi connectivity index (χ1) is 9.62. The molecule has 0 saturated carbocycles. The van der Waals surface area contributed by atoms with Crippen molar-refractivity contribution in [2.24, 2.45) is 0 Å². The molecule has 0 aliphatic heterocycles. The van der Waals surface area contributed by atoms with E-state index >= 15 is 0 Å². The van der Waals surface area contributed by atoms with Crippen molar-refractivity contribution in [2.45, 2.75) is 6.42 Å². The predicted molar refractivity (Wildman–Crippen MR) is 81.7 cm³/mol. The van der Waals surface area contributed by atoms with Crippen molar-refractivity contribution in [3.05, 3.63) is 58.1 Å². The maximum atomic E-state index is 12.3. The van der Waals surface area contributed by atoms with Crippen molar-refractivity contribution >= 4 is 21.7 Å². The molecule has 0 saturated heterocycles. The first kappa shape index (κ1) is 14.6. The Kier molecular flexibility index (Phi) is 4.79. The Morgan fingerprint density at radius 1 is 1.05 bits per heavy atom. The first-order valence-electron chi connectivity index (χ1n) is 6.13. The molecule has 0 aliphatic carbocycles. The molecular formula is C16H15BrO3. The van der Waals surface area contributed by atoms with E-state index in [0.717, 1.165) is 10.0 Å². The summed E-state index contributed by atoms with van der Waals surface area (Å²) in [5, 5.41) is 0. The molecular weight excluding hydrogens is 320 g/mol. The second-order valence-electron chi connectivity index (χ2n) is 4.33. The van der Waals surface area contributed by atoms with Crippen molar-refractivity contribution in [3.8, 4) is 11.5 Å². The van der Waals surface area contributed by atoms with Crippen LogP contribution in [0.4, 0.5) is 0 Å². The van der Waals surface area contributed by atoms with E-state index in [1.807, 2.05) is 24.3 Å². The van der Waals surface area contributed by atoms with E-state index in [1.165, 1.54) is 0 Å². The lowest BCUT2D eigenvalue weighted by Crippen LogP contribution is -2.04. The Balaban J connectivity index is 2.24. The van der Waals surface area contributed by atoms with Gasteiger partial charge in [-0.2, -0.15) is 0 Å². The highest BCUT2D eigenvalue weighted by molar-refractivity contribution is 9.10. The summed E-state index contributed by atoms with van der Waals surface area (Å²) in [6.45, 7) is 0. The van der Waals surface area contributed by atoms with Crippen molar-refractivity contribution in [3.63, 3.8) is 0 Å². The molecule has 4 heteroatoms. The number of benzene rings is 2. The summed E-state index contributed by atoms with van der Waals surface area (Å²) in [6, 6.07) is 12.9. The fraction of sp³-hybridized carbons (Fsp3) is 0.188. The number of carbonyl (C=O) groups is 1. The number of ether oxygens (including phenoxy) is 2. The maximum absolute atomic E-state index is 12.3. The Labute approximate surface area is 126 Å². The highest BCUT2D eigenvalue weighted by atomic mass is 79.9. The molecule has 0 aliphatic rings. The molecule has 0 bridgehead atoms. The van der Waals surface area contributed by atoms with Gasteiger partial charge < -0.3 is 9.47 Å². The fourth-order valence-corrected chi connectivity index (χ4v) is 2.35. The van der Waals surface area contributed by atoms with Crippen molar-refractivity contribution < 1.29 is 14.3 Å². The molecule has 3 nitrogen and oxygen atoms in total. The van der Waals surface area contributed by atoms with E-state index in [4.69, 9.17) is 9.47 Å². The van der Waals surface area contributed by atoms with E-state index in [2.05, 4.69) is 15.9 Å². The van der Waals surface area contributed by atoms with Crippen LogP contribution in [0.5, 0.6) is 11.5 Å². The van der Waals surface area contributed by atoms with Gasteiger partial charge in [-0.05, 0) is 29.8 Å². The van der Waals surface area contributed by atoms with Gasteiger partial charge in [0.05, 0.1) is 14.2 Å². The normalized spacial score (nSPS) is 10.2. The lowest BCUT2D eigenvalue weighted by Gasteiger charge is -2.08. The molecule has 2 rings (SSSR count). The van der Waals surface area contributed by atoms with Gasteiger partial charge in [-0.3, -0.25) is 4.79 Å². The van der Waals surface area contributed by atoms with Gasteiger partial charge in [0.1, 0.15) is 11.5 Å². The van der Waals surface area contributed by atoms with E-state index in [-0.39, 0.29) is 5.78 Å². The summed E-state index contributed by atoms with van der Waals surface area (Å²) >= 11 is 3.40. The Bertz CT molecular complexity index is 601. The van der Waals surface area contributed by atoms with Gasteiger partial charge in [-0.1, -0.05) is 28.1 Å². The predicted octanol–water partition coefficient (Wildman–Crippen LogP) is 3.89. The molecule has 20 heavy (non-hydrogen) atoms. The standard InChI is InChI=1S/C16H15BrO3/c1-19-14-8-12(9-15(10-14)20-2)16(18)7-11-4-3-5-13(17)6-11/h3-6,8-10H,7H2,1-2H3. The molecule has 0 fully saturated rings. The molecule has 0 aromatic heterocycles. The number of rotatable bonds is 5.